The predicted molar refractivity (Wildman–Crippen MR) is 99.0 cm³/mol. The van der Waals surface area contributed by atoms with Crippen LogP contribution >= 0.6 is 0 Å². The zero-order valence-electron chi connectivity index (χ0n) is 14.2. The SMILES string of the molecule is C[C@@H]1CC(=O)Nc2ccccc2N1C(=O)CN1CCc2ccccc21. The molecule has 5 nitrogen and oxygen atoms in total. The number of benzene rings is 2. The third kappa shape index (κ3) is 2.86. The largest absolute Gasteiger partial charge is 0.362 e. The Morgan fingerprint density at radius 2 is 1.84 bits per heavy atom. The quantitative estimate of drug-likeness (QED) is 0.918. The minimum absolute atomic E-state index is 0.0214. The minimum Gasteiger partial charge on any atom is -0.362 e. The van der Waals surface area contributed by atoms with Gasteiger partial charge in [0.2, 0.25) is 11.8 Å². The fourth-order valence-electron chi connectivity index (χ4n) is 3.78. The zero-order chi connectivity index (χ0) is 17.4. The van der Waals surface area contributed by atoms with Gasteiger partial charge in [-0.05, 0) is 37.1 Å². The highest BCUT2D eigenvalue weighted by molar-refractivity contribution is 6.05. The monoisotopic (exact) mass is 335 g/mol. The molecule has 1 N–H and O–H groups in total. The number of amides is 2. The summed E-state index contributed by atoms with van der Waals surface area (Å²) in [7, 11) is 0. The molecule has 0 unspecified atom stereocenters. The van der Waals surface area contributed by atoms with E-state index in [2.05, 4.69) is 22.3 Å². The second-order valence-electron chi connectivity index (χ2n) is 6.68. The number of fused-ring (bicyclic) bond motifs is 2. The van der Waals surface area contributed by atoms with Crippen LogP contribution < -0.4 is 15.1 Å². The van der Waals surface area contributed by atoms with Crippen molar-refractivity contribution in [1.82, 2.24) is 0 Å². The van der Waals surface area contributed by atoms with Crippen LogP contribution in [0.2, 0.25) is 0 Å². The summed E-state index contributed by atoms with van der Waals surface area (Å²) in [5.74, 6) is -0.0325. The van der Waals surface area contributed by atoms with E-state index in [0.29, 0.717) is 18.7 Å². The molecule has 0 aromatic heterocycles. The van der Waals surface area contributed by atoms with Crippen molar-refractivity contribution in [3.05, 3.63) is 54.1 Å². The molecule has 0 saturated carbocycles. The highest BCUT2D eigenvalue weighted by atomic mass is 16.2. The third-order valence-electron chi connectivity index (χ3n) is 4.94. The number of nitrogens with one attached hydrogen (secondary N) is 1. The number of para-hydroxylation sites is 3. The summed E-state index contributed by atoms with van der Waals surface area (Å²) in [6.45, 7) is 3.10. The van der Waals surface area contributed by atoms with E-state index in [1.165, 1.54) is 5.56 Å². The zero-order valence-corrected chi connectivity index (χ0v) is 14.2. The van der Waals surface area contributed by atoms with Gasteiger partial charge in [-0.1, -0.05) is 30.3 Å². The summed E-state index contributed by atoms with van der Waals surface area (Å²) in [5, 5.41) is 2.90. The summed E-state index contributed by atoms with van der Waals surface area (Å²) in [6, 6.07) is 15.6. The Bertz CT molecular complexity index is 833. The lowest BCUT2D eigenvalue weighted by Crippen LogP contribution is -2.44. The molecule has 2 amide bonds. The molecule has 2 aliphatic rings. The Balaban J connectivity index is 1.62. The van der Waals surface area contributed by atoms with Crippen molar-refractivity contribution >= 4 is 28.9 Å². The van der Waals surface area contributed by atoms with E-state index in [4.69, 9.17) is 0 Å². The first-order valence-corrected chi connectivity index (χ1v) is 8.67. The smallest absolute Gasteiger partial charge is 0.246 e. The van der Waals surface area contributed by atoms with Crippen molar-refractivity contribution in [2.24, 2.45) is 0 Å². The molecule has 2 aliphatic heterocycles. The molecule has 0 radical (unpaired) electrons. The summed E-state index contributed by atoms with van der Waals surface area (Å²) in [6.07, 6.45) is 1.27. The number of hydrogen-bond acceptors (Lipinski definition) is 3. The van der Waals surface area contributed by atoms with Crippen LogP contribution in [0.15, 0.2) is 48.5 Å². The minimum atomic E-state index is -0.172. The molecule has 0 saturated heterocycles. The van der Waals surface area contributed by atoms with E-state index in [1.807, 2.05) is 43.3 Å². The van der Waals surface area contributed by atoms with E-state index in [0.717, 1.165) is 24.3 Å². The molecule has 2 aromatic rings. The van der Waals surface area contributed by atoms with E-state index < -0.39 is 0 Å². The molecule has 4 rings (SSSR count). The van der Waals surface area contributed by atoms with Gasteiger partial charge in [-0.2, -0.15) is 0 Å². The van der Waals surface area contributed by atoms with Gasteiger partial charge in [0.25, 0.3) is 0 Å². The van der Waals surface area contributed by atoms with Crippen LogP contribution in [0.3, 0.4) is 0 Å². The first-order chi connectivity index (χ1) is 12.1. The van der Waals surface area contributed by atoms with Crippen molar-refractivity contribution in [1.29, 1.82) is 0 Å². The second kappa shape index (κ2) is 6.24. The van der Waals surface area contributed by atoms with Crippen LogP contribution in [0.1, 0.15) is 18.9 Å². The Kier molecular flexibility index (Phi) is 3.92. The third-order valence-corrected chi connectivity index (χ3v) is 4.94. The van der Waals surface area contributed by atoms with Crippen LogP contribution in [0.4, 0.5) is 17.1 Å². The van der Waals surface area contributed by atoms with Gasteiger partial charge in [-0.15, -0.1) is 0 Å². The maximum absolute atomic E-state index is 13.1. The Labute approximate surface area is 147 Å². The molecule has 0 bridgehead atoms. The van der Waals surface area contributed by atoms with Crippen molar-refractivity contribution in [3.8, 4) is 0 Å². The topological polar surface area (TPSA) is 52.7 Å². The maximum atomic E-state index is 13.1. The van der Waals surface area contributed by atoms with Crippen molar-refractivity contribution < 1.29 is 9.59 Å². The van der Waals surface area contributed by atoms with Gasteiger partial charge in [-0.3, -0.25) is 9.59 Å². The number of nitrogens with zero attached hydrogens (tertiary/aromatic N) is 2. The van der Waals surface area contributed by atoms with E-state index in [9.17, 15) is 9.59 Å². The van der Waals surface area contributed by atoms with Gasteiger partial charge in [0.1, 0.15) is 0 Å². The number of rotatable bonds is 2. The van der Waals surface area contributed by atoms with Gasteiger partial charge < -0.3 is 15.1 Å². The highest BCUT2D eigenvalue weighted by Crippen LogP contribution is 2.32. The average Bonchev–Trinajstić information content (AvgIpc) is 2.93. The summed E-state index contributed by atoms with van der Waals surface area (Å²) >= 11 is 0. The Hall–Kier alpha value is -2.82. The highest BCUT2D eigenvalue weighted by Gasteiger charge is 2.31. The van der Waals surface area contributed by atoms with Crippen LogP contribution in [-0.2, 0) is 16.0 Å². The normalized spacial score (nSPS) is 19.1. The van der Waals surface area contributed by atoms with E-state index in [-0.39, 0.29) is 17.9 Å². The lowest BCUT2D eigenvalue weighted by Gasteiger charge is -2.30. The Morgan fingerprint density at radius 1 is 1.12 bits per heavy atom. The first kappa shape index (κ1) is 15.7. The van der Waals surface area contributed by atoms with E-state index >= 15 is 0 Å². The van der Waals surface area contributed by atoms with Crippen LogP contribution in [-0.4, -0.2) is 30.9 Å². The van der Waals surface area contributed by atoms with Crippen molar-refractivity contribution in [2.75, 3.05) is 28.2 Å². The number of hydrogen-bond donors (Lipinski definition) is 1. The van der Waals surface area contributed by atoms with Crippen LogP contribution in [0, 0.1) is 0 Å². The van der Waals surface area contributed by atoms with Crippen LogP contribution in [0.25, 0.3) is 0 Å². The number of carbonyl (C=O) groups excluding carboxylic acids is 2. The Morgan fingerprint density at radius 3 is 2.68 bits per heavy atom. The molecule has 5 heteroatoms. The fourth-order valence-corrected chi connectivity index (χ4v) is 3.78. The van der Waals surface area contributed by atoms with Gasteiger partial charge in [0.05, 0.1) is 17.9 Å². The van der Waals surface area contributed by atoms with Crippen molar-refractivity contribution in [2.45, 2.75) is 25.8 Å². The van der Waals surface area contributed by atoms with Gasteiger partial charge >= 0.3 is 0 Å². The molecule has 2 aromatic carbocycles. The standard InChI is InChI=1S/C20H21N3O2/c1-14-12-19(24)21-16-7-3-5-9-18(16)23(14)20(25)13-22-11-10-15-6-2-4-8-17(15)22/h2-9,14H,10-13H2,1H3,(H,21,24)/t14-/m1/s1. The maximum Gasteiger partial charge on any atom is 0.246 e. The fraction of sp³-hybridized carbons (Fsp3) is 0.300. The molecular weight excluding hydrogens is 314 g/mol. The van der Waals surface area contributed by atoms with Crippen molar-refractivity contribution in [3.63, 3.8) is 0 Å². The second-order valence-corrected chi connectivity index (χ2v) is 6.68. The van der Waals surface area contributed by atoms with Gasteiger partial charge in [0, 0.05) is 24.7 Å². The average molecular weight is 335 g/mol. The molecule has 1 atom stereocenters. The summed E-state index contributed by atoms with van der Waals surface area (Å²) in [5.41, 5.74) is 3.91. The van der Waals surface area contributed by atoms with Crippen LogP contribution in [0.5, 0.6) is 0 Å². The predicted octanol–water partition coefficient (Wildman–Crippen LogP) is 2.81. The van der Waals surface area contributed by atoms with Gasteiger partial charge in [0.15, 0.2) is 0 Å². The summed E-state index contributed by atoms with van der Waals surface area (Å²) in [4.78, 5) is 29.1. The van der Waals surface area contributed by atoms with E-state index in [1.54, 1.807) is 4.90 Å². The molecule has 0 aliphatic carbocycles. The molecule has 0 spiro atoms. The molecule has 128 valence electrons. The summed E-state index contributed by atoms with van der Waals surface area (Å²) < 4.78 is 0. The lowest BCUT2D eigenvalue weighted by atomic mass is 10.1. The first-order valence-electron chi connectivity index (χ1n) is 8.67. The number of carbonyl (C=O) groups is 2. The molecule has 0 fully saturated rings. The van der Waals surface area contributed by atoms with Gasteiger partial charge in [-0.25, -0.2) is 0 Å². The molecular formula is C20H21N3O2. The number of anilines is 3. The molecule has 25 heavy (non-hydrogen) atoms. The molecule has 2 heterocycles. The lowest BCUT2D eigenvalue weighted by molar-refractivity contribution is -0.118.